The molecule has 6 N–H and O–H groups in total. The molecule has 0 atom stereocenters. The van der Waals surface area contributed by atoms with Crippen LogP contribution in [-0.4, -0.2) is 52.3 Å². The smallest absolute Gasteiger partial charge is 0.321 e. The van der Waals surface area contributed by atoms with Crippen LogP contribution in [0.5, 0.6) is 11.5 Å². The number of halogens is 2. The van der Waals surface area contributed by atoms with Gasteiger partial charge in [-0.3, -0.25) is 0 Å². The topological polar surface area (TPSA) is 157 Å². The van der Waals surface area contributed by atoms with Gasteiger partial charge in [-0.25, -0.2) is 9.97 Å². The highest BCUT2D eigenvalue weighted by molar-refractivity contribution is 9.11. The van der Waals surface area contributed by atoms with E-state index in [0.29, 0.717) is 34.3 Å². The van der Waals surface area contributed by atoms with Crippen LogP contribution in [-0.2, 0) is 0 Å². The van der Waals surface area contributed by atoms with Gasteiger partial charge >= 0.3 is 11.9 Å². The second-order valence-electron chi connectivity index (χ2n) is 11.8. The van der Waals surface area contributed by atoms with E-state index < -0.39 is 11.9 Å². The number of aromatic nitrogens is 4. The monoisotopic (exact) mass is 798 g/mol. The minimum atomic E-state index is -2.30. The zero-order valence-corrected chi connectivity index (χ0v) is 30.1. The van der Waals surface area contributed by atoms with Crippen LogP contribution >= 0.6 is 31.9 Å². The summed E-state index contributed by atoms with van der Waals surface area (Å²) in [7, 11) is 0. The Balaban J connectivity index is 1.49. The fraction of sp³-hybridized carbons (Fsp3) is 0.158. The van der Waals surface area contributed by atoms with Gasteiger partial charge in [-0.15, -0.1) is 0 Å². The van der Waals surface area contributed by atoms with Crippen LogP contribution < -0.4 is 9.47 Å². The first-order chi connectivity index (χ1) is 23.9. The van der Waals surface area contributed by atoms with Gasteiger partial charge in [-0.05, 0) is 116 Å². The van der Waals surface area contributed by atoms with E-state index in [-0.39, 0.29) is 12.8 Å². The first-order valence-corrected chi connectivity index (χ1v) is 17.5. The molecule has 0 saturated heterocycles. The van der Waals surface area contributed by atoms with Crippen LogP contribution in [0.3, 0.4) is 0 Å². The van der Waals surface area contributed by atoms with Crippen molar-refractivity contribution in [3.63, 3.8) is 0 Å². The van der Waals surface area contributed by atoms with Crippen molar-refractivity contribution in [1.29, 1.82) is 0 Å². The van der Waals surface area contributed by atoms with Gasteiger partial charge in [0.05, 0.1) is 42.8 Å². The number of aromatic amines is 2. The molecule has 3 aromatic heterocycles. The van der Waals surface area contributed by atoms with Crippen molar-refractivity contribution in [2.24, 2.45) is 0 Å². The van der Waals surface area contributed by atoms with E-state index in [9.17, 15) is 20.4 Å². The molecule has 5 aromatic rings. The molecule has 0 fully saturated rings. The van der Waals surface area contributed by atoms with Gasteiger partial charge in [0.1, 0.15) is 11.5 Å². The maximum absolute atomic E-state index is 10.2. The van der Waals surface area contributed by atoms with E-state index in [2.05, 4.69) is 41.8 Å². The Morgan fingerprint density at radius 2 is 0.940 bits per heavy atom. The third kappa shape index (κ3) is 6.78. The first kappa shape index (κ1) is 33.9. The normalized spacial score (nSPS) is 12.8. The summed E-state index contributed by atoms with van der Waals surface area (Å²) in [5.41, 5.74) is 8.88. The summed E-state index contributed by atoms with van der Waals surface area (Å²) in [6.45, 7) is 3.24. The van der Waals surface area contributed by atoms with Gasteiger partial charge in [0, 0.05) is 35.0 Å². The molecular formula is C38H32Br2N4O6. The lowest BCUT2D eigenvalue weighted by molar-refractivity contribution is -0.293. The predicted octanol–water partition coefficient (Wildman–Crippen LogP) is 8.37. The number of aliphatic hydroxyl groups is 4. The Morgan fingerprint density at radius 1 is 0.560 bits per heavy atom. The standard InChI is InChI=1S/C38H32Br2N4O6/c1-3-37(45,46)49-23-9-5-7-21(19-23)33-25-11-15-29(41-25)35(39)31-17-13-27(43-31)34(22-8-6-10-24(20-22)50-38(47,48)4-2)28-14-18-32(44-28)36(40)30-16-12-26(33)42-30/h5-20,41,44-48H,3-4H2,1-2H3. The summed E-state index contributed by atoms with van der Waals surface area (Å²) < 4.78 is 12.4. The van der Waals surface area contributed by atoms with Crippen LogP contribution in [0.1, 0.15) is 49.5 Å². The number of benzene rings is 2. The average Bonchev–Trinajstić information content (AvgIpc) is 3.93. The van der Waals surface area contributed by atoms with Gasteiger partial charge in [-0.1, -0.05) is 38.1 Å². The van der Waals surface area contributed by atoms with E-state index in [1.165, 1.54) is 0 Å². The molecule has 8 bridgehead atoms. The largest absolute Gasteiger partial charge is 0.439 e. The molecule has 50 heavy (non-hydrogen) atoms. The van der Waals surface area contributed by atoms with E-state index in [4.69, 9.17) is 19.4 Å². The molecule has 0 amide bonds. The number of hydrogen-bond donors (Lipinski definition) is 6. The number of H-pyrrole nitrogens is 2. The van der Waals surface area contributed by atoms with E-state index in [1.54, 1.807) is 50.2 Å². The highest BCUT2D eigenvalue weighted by Gasteiger charge is 2.24. The maximum Gasteiger partial charge on any atom is 0.321 e. The number of rotatable bonds is 8. The van der Waals surface area contributed by atoms with E-state index in [1.807, 2.05) is 60.7 Å². The highest BCUT2D eigenvalue weighted by Crippen LogP contribution is 2.38. The molecule has 0 spiro atoms. The van der Waals surface area contributed by atoms with Crippen molar-refractivity contribution in [2.45, 2.75) is 38.6 Å². The minimum absolute atomic E-state index is 0.0136. The first-order valence-electron chi connectivity index (χ1n) is 15.9. The Morgan fingerprint density at radius 3 is 1.34 bits per heavy atom. The molecule has 2 aliphatic rings. The van der Waals surface area contributed by atoms with Crippen LogP contribution in [0, 0.1) is 0 Å². The van der Waals surface area contributed by atoms with Crippen molar-refractivity contribution >= 4 is 78.2 Å². The Labute approximate surface area is 303 Å². The fourth-order valence-electron chi connectivity index (χ4n) is 5.70. The van der Waals surface area contributed by atoms with Gasteiger partial charge in [0.25, 0.3) is 0 Å². The molecule has 254 valence electrons. The summed E-state index contributed by atoms with van der Waals surface area (Å²) in [5, 5.41) is 40.7. The lowest BCUT2D eigenvalue weighted by atomic mass is 10.0. The zero-order valence-electron chi connectivity index (χ0n) is 26.9. The minimum Gasteiger partial charge on any atom is -0.439 e. The quantitative estimate of drug-likeness (QED) is 0.0838. The lowest BCUT2D eigenvalue weighted by Crippen LogP contribution is -2.34. The summed E-state index contributed by atoms with van der Waals surface area (Å²) in [4.78, 5) is 17.1. The van der Waals surface area contributed by atoms with Crippen LogP contribution in [0.15, 0.2) is 81.7 Å². The van der Waals surface area contributed by atoms with Gasteiger partial charge in [-0.2, -0.15) is 0 Å². The molecule has 10 nitrogen and oxygen atoms in total. The van der Waals surface area contributed by atoms with Gasteiger partial charge in [0.15, 0.2) is 0 Å². The van der Waals surface area contributed by atoms with Crippen molar-refractivity contribution in [1.82, 2.24) is 19.9 Å². The summed E-state index contributed by atoms with van der Waals surface area (Å²) in [6.07, 6.45) is 7.69. The fourth-order valence-corrected chi connectivity index (χ4v) is 6.60. The number of nitrogens with zero attached hydrogens (tertiary/aromatic N) is 2. The van der Waals surface area contributed by atoms with E-state index in [0.717, 1.165) is 53.3 Å². The number of hydrogen-bond acceptors (Lipinski definition) is 8. The highest BCUT2D eigenvalue weighted by atomic mass is 79.9. The van der Waals surface area contributed by atoms with Gasteiger partial charge in [0.2, 0.25) is 0 Å². The Hall–Kier alpha value is -4.56. The molecular weight excluding hydrogens is 768 g/mol. The third-order valence-corrected chi connectivity index (χ3v) is 10.0. The molecule has 7 rings (SSSR count). The van der Waals surface area contributed by atoms with Crippen molar-refractivity contribution in [3.05, 3.63) is 105 Å². The molecule has 0 unspecified atom stereocenters. The number of ether oxygens (including phenoxy) is 2. The van der Waals surface area contributed by atoms with E-state index >= 15 is 0 Å². The van der Waals surface area contributed by atoms with Crippen LogP contribution in [0.25, 0.3) is 68.6 Å². The third-order valence-electron chi connectivity index (χ3n) is 8.35. The van der Waals surface area contributed by atoms with Crippen molar-refractivity contribution in [3.8, 4) is 33.8 Å². The summed E-state index contributed by atoms with van der Waals surface area (Å²) >= 11 is 7.57. The molecule has 12 heteroatoms. The van der Waals surface area contributed by atoms with Crippen molar-refractivity contribution in [2.75, 3.05) is 0 Å². The zero-order chi connectivity index (χ0) is 35.2. The second-order valence-corrected chi connectivity index (χ2v) is 13.4. The maximum atomic E-state index is 10.2. The predicted molar refractivity (Wildman–Crippen MR) is 201 cm³/mol. The Bertz CT molecular complexity index is 2190. The number of fused-ring (bicyclic) bond motifs is 8. The number of nitrogens with one attached hydrogen (secondary N) is 2. The molecule has 2 aliphatic heterocycles. The summed E-state index contributed by atoms with van der Waals surface area (Å²) in [6, 6.07) is 22.1. The second kappa shape index (κ2) is 13.3. The van der Waals surface area contributed by atoms with Crippen LogP contribution in [0.2, 0.25) is 0 Å². The Kier molecular flexibility index (Phi) is 9.01. The average molecular weight is 801 g/mol. The van der Waals surface area contributed by atoms with Crippen LogP contribution in [0.4, 0.5) is 0 Å². The SMILES string of the molecule is CCC(O)(O)Oc1cccc(-c2c3nc(c(Br)c4ccc([nH]4)c(-c4cccc(OC(O)(O)CC)c4)c4nc(c(Br)c5ccc2[nH]5)C=C4)C=C3)c1. The van der Waals surface area contributed by atoms with Gasteiger partial charge < -0.3 is 39.9 Å². The lowest BCUT2D eigenvalue weighted by Gasteiger charge is -2.21. The molecule has 0 saturated carbocycles. The van der Waals surface area contributed by atoms with Crippen molar-refractivity contribution < 1.29 is 29.9 Å². The molecule has 5 heterocycles. The molecule has 0 radical (unpaired) electrons. The summed E-state index contributed by atoms with van der Waals surface area (Å²) in [5.74, 6) is -4.02. The molecule has 2 aromatic carbocycles. The molecule has 0 aliphatic carbocycles.